The van der Waals surface area contributed by atoms with E-state index in [2.05, 4.69) is 141 Å². The fraction of sp³-hybridized carbons (Fsp3) is 0.194. The maximum atomic E-state index is 2.42. The summed E-state index contributed by atoms with van der Waals surface area (Å²) in [6.45, 7) is 9.03. The molecule has 0 radical (unpaired) electrons. The van der Waals surface area contributed by atoms with Crippen LogP contribution in [0.25, 0.3) is 39.2 Å². The van der Waals surface area contributed by atoms with Crippen LogP contribution in [0.3, 0.4) is 0 Å². The van der Waals surface area contributed by atoms with Crippen molar-refractivity contribution in [3.05, 3.63) is 108 Å². The Kier molecular flexibility index (Phi) is 5.17. The first-order valence-corrected chi connectivity index (χ1v) is 11.6. The maximum absolute atomic E-state index is 2.42. The van der Waals surface area contributed by atoms with Crippen molar-refractivity contribution in [2.75, 3.05) is 0 Å². The summed E-state index contributed by atoms with van der Waals surface area (Å²) in [6, 6.07) is 35.0. The number of benzene rings is 4. The van der Waals surface area contributed by atoms with Crippen LogP contribution in [0.15, 0.2) is 97.1 Å². The average Bonchev–Trinajstić information content (AvgIpc) is 3.11. The third kappa shape index (κ3) is 3.76. The number of hydrogen-bond acceptors (Lipinski definition) is 0. The quantitative estimate of drug-likeness (QED) is 0.263. The van der Waals surface area contributed by atoms with Gasteiger partial charge in [0.25, 0.3) is 5.82 Å². The number of imidazole rings is 1. The number of aryl methyl sites for hydroxylation is 2. The molecule has 4 aromatic carbocycles. The van der Waals surface area contributed by atoms with Gasteiger partial charge in [0, 0.05) is 0 Å². The number of aromatic nitrogens is 2. The molecule has 0 atom stereocenters. The van der Waals surface area contributed by atoms with Gasteiger partial charge < -0.3 is 0 Å². The summed E-state index contributed by atoms with van der Waals surface area (Å²) in [6.07, 6.45) is 0. The van der Waals surface area contributed by atoms with Crippen molar-refractivity contribution >= 4 is 11.0 Å². The van der Waals surface area contributed by atoms with E-state index in [-0.39, 0.29) is 5.41 Å². The molecule has 1 aromatic heterocycles. The smallest absolute Gasteiger partial charge is 0.225 e. The molecule has 0 bridgehead atoms. The molecule has 33 heavy (non-hydrogen) atoms. The molecule has 164 valence electrons. The first kappa shape index (κ1) is 21.2. The molecule has 0 saturated heterocycles. The molecule has 0 aliphatic heterocycles. The Morgan fingerprint density at radius 3 is 2.03 bits per heavy atom. The summed E-state index contributed by atoms with van der Waals surface area (Å²) in [5.74, 6) is 1.19. The summed E-state index contributed by atoms with van der Waals surface area (Å²) in [5, 5.41) is 0. The molecule has 0 N–H and O–H groups in total. The maximum Gasteiger partial charge on any atom is 0.295 e. The highest BCUT2D eigenvalue weighted by Crippen LogP contribution is 2.34. The Hall–Kier alpha value is -3.65. The first-order chi connectivity index (χ1) is 15.8. The van der Waals surface area contributed by atoms with Gasteiger partial charge in [-0.3, -0.25) is 0 Å². The summed E-state index contributed by atoms with van der Waals surface area (Å²) >= 11 is 0. The highest BCUT2D eigenvalue weighted by molar-refractivity contribution is 5.82. The molecule has 0 fully saturated rings. The van der Waals surface area contributed by atoms with E-state index in [1.165, 1.54) is 50.4 Å². The van der Waals surface area contributed by atoms with Crippen LogP contribution in [0.5, 0.6) is 0 Å². The SMILES string of the molecule is Cc1ccc(-c2ccccc2)cc1-c1n(-c2ccccc2)c2cc(C(C)(C)C)ccc2[n+]1C. The third-order valence-corrected chi connectivity index (χ3v) is 6.57. The van der Waals surface area contributed by atoms with Gasteiger partial charge in [0.2, 0.25) is 0 Å². The van der Waals surface area contributed by atoms with Crippen molar-refractivity contribution in [2.24, 2.45) is 7.05 Å². The zero-order chi connectivity index (χ0) is 23.2. The zero-order valence-electron chi connectivity index (χ0n) is 20.1. The lowest BCUT2D eigenvalue weighted by atomic mass is 9.87. The minimum atomic E-state index is 0.0852. The number of rotatable bonds is 3. The van der Waals surface area contributed by atoms with Gasteiger partial charge in [-0.15, -0.1) is 0 Å². The second-order valence-electron chi connectivity index (χ2n) is 9.90. The predicted molar refractivity (Wildman–Crippen MR) is 139 cm³/mol. The second kappa shape index (κ2) is 8.04. The largest absolute Gasteiger partial charge is 0.295 e. The molecule has 0 spiro atoms. The number of fused-ring (bicyclic) bond motifs is 1. The second-order valence-corrected chi connectivity index (χ2v) is 9.90. The van der Waals surface area contributed by atoms with Gasteiger partial charge in [-0.05, 0) is 64.9 Å². The third-order valence-electron chi connectivity index (χ3n) is 6.57. The Bertz CT molecular complexity index is 1440. The summed E-state index contributed by atoms with van der Waals surface area (Å²) in [4.78, 5) is 0. The Labute approximate surface area is 196 Å². The predicted octanol–water partition coefficient (Wildman–Crippen LogP) is 7.39. The van der Waals surface area contributed by atoms with Gasteiger partial charge in [-0.2, -0.15) is 4.57 Å². The Balaban J connectivity index is 1.85. The molecular weight excluding hydrogens is 400 g/mol. The zero-order valence-corrected chi connectivity index (χ0v) is 20.1. The molecule has 5 aromatic rings. The monoisotopic (exact) mass is 431 g/mol. The molecule has 0 unspecified atom stereocenters. The van der Waals surface area contributed by atoms with Crippen LogP contribution < -0.4 is 4.57 Å². The van der Waals surface area contributed by atoms with Crippen LogP contribution in [-0.4, -0.2) is 4.57 Å². The van der Waals surface area contributed by atoms with E-state index in [0.717, 1.165) is 0 Å². The van der Waals surface area contributed by atoms with Crippen molar-refractivity contribution in [3.63, 3.8) is 0 Å². The van der Waals surface area contributed by atoms with Crippen molar-refractivity contribution in [1.29, 1.82) is 0 Å². The molecule has 0 aliphatic carbocycles. The molecule has 2 heteroatoms. The van der Waals surface area contributed by atoms with Crippen LogP contribution in [0.2, 0.25) is 0 Å². The molecule has 0 saturated carbocycles. The van der Waals surface area contributed by atoms with E-state index in [1.54, 1.807) is 0 Å². The van der Waals surface area contributed by atoms with Crippen molar-refractivity contribution < 1.29 is 4.57 Å². The summed E-state index contributed by atoms with van der Waals surface area (Å²) in [7, 11) is 2.18. The Morgan fingerprint density at radius 1 is 0.697 bits per heavy atom. The molecule has 0 amide bonds. The van der Waals surface area contributed by atoms with E-state index in [4.69, 9.17) is 0 Å². The van der Waals surface area contributed by atoms with E-state index >= 15 is 0 Å². The molecule has 5 rings (SSSR count). The highest BCUT2D eigenvalue weighted by atomic mass is 15.2. The van der Waals surface area contributed by atoms with Crippen molar-refractivity contribution in [3.8, 4) is 28.2 Å². The lowest BCUT2D eigenvalue weighted by molar-refractivity contribution is -0.633. The fourth-order valence-corrected chi connectivity index (χ4v) is 4.64. The number of hydrogen-bond donors (Lipinski definition) is 0. The van der Waals surface area contributed by atoms with Gasteiger partial charge in [0.05, 0.1) is 12.6 Å². The summed E-state index contributed by atoms with van der Waals surface area (Å²) < 4.78 is 4.76. The van der Waals surface area contributed by atoms with E-state index in [1.807, 2.05) is 0 Å². The molecule has 2 nitrogen and oxygen atoms in total. The number of para-hydroxylation sites is 1. The van der Waals surface area contributed by atoms with Crippen LogP contribution >= 0.6 is 0 Å². The Morgan fingerprint density at radius 2 is 1.36 bits per heavy atom. The highest BCUT2D eigenvalue weighted by Gasteiger charge is 2.28. The van der Waals surface area contributed by atoms with Crippen molar-refractivity contribution in [1.82, 2.24) is 4.57 Å². The fourth-order valence-electron chi connectivity index (χ4n) is 4.64. The van der Waals surface area contributed by atoms with Crippen molar-refractivity contribution in [2.45, 2.75) is 33.1 Å². The molecule has 1 heterocycles. The van der Waals surface area contributed by atoms with Gasteiger partial charge in [-0.25, -0.2) is 4.57 Å². The average molecular weight is 432 g/mol. The topological polar surface area (TPSA) is 8.81 Å². The van der Waals surface area contributed by atoms with Gasteiger partial charge in [0.15, 0.2) is 11.0 Å². The van der Waals surface area contributed by atoms with Crippen LogP contribution in [-0.2, 0) is 12.5 Å². The lowest BCUT2D eigenvalue weighted by Gasteiger charge is -2.18. The first-order valence-electron chi connectivity index (χ1n) is 11.6. The van der Waals surface area contributed by atoms with E-state index < -0.39 is 0 Å². The minimum Gasteiger partial charge on any atom is -0.225 e. The number of nitrogens with zero attached hydrogens (tertiary/aromatic N) is 2. The van der Waals surface area contributed by atoms with Crippen LogP contribution in [0.1, 0.15) is 31.9 Å². The normalized spacial score (nSPS) is 11.8. The lowest BCUT2D eigenvalue weighted by Crippen LogP contribution is -2.30. The molecular formula is C31H31N2+. The van der Waals surface area contributed by atoms with Gasteiger partial charge in [0.1, 0.15) is 5.69 Å². The van der Waals surface area contributed by atoms with Crippen LogP contribution in [0, 0.1) is 6.92 Å². The standard InChI is InChI=1S/C31H31N2/c1-22-16-17-24(23-12-8-6-9-13-23)20-27(22)30-32(5)28-19-18-25(31(2,3)4)21-29(28)33(30)26-14-10-7-11-15-26/h6-21H,1-5H3/q+1. The van der Waals surface area contributed by atoms with E-state index in [0.29, 0.717) is 0 Å². The minimum absolute atomic E-state index is 0.0852. The van der Waals surface area contributed by atoms with Gasteiger partial charge in [-0.1, -0.05) is 87.5 Å². The van der Waals surface area contributed by atoms with Gasteiger partial charge >= 0.3 is 0 Å². The van der Waals surface area contributed by atoms with E-state index in [9.17, 15) is 0 Å². The van der Waals surface area contributed by atoms with Crippen LogP contribution in [0.4, 0.5) is 0 Å². The molecule has 0 aliphatic rings. The summed E-state index contributed by atoms with van der Waals surface area (Å²) in [5.41, 5.74) is 10.0.